The number of hydrogen-bond donors (Lipinski definition) is 1. The number of hydrogen-bond acceptors (Lipinski definition) is 3. The van der Waals surface area contributed by atoms with E-state index >= 15 is 0 Å². The molecule has 5 heteroatoms. The fourth-order valence-electron chi connectivity index (χ4n) is 2.36. The summed E-state index contributed by atoms with van der Waals surface area (Å²) in [5, 5.41) is 1.35. The van der Waals surface area contributed by atoms with Crippen molar-refractivity contribution >= 4 is 55.0 Å². The Hall–Kier alpha value is -1.91. The van der Waals surface area contributed by atoms with Crippen molar-refractivity contribution in [1.29, 1.82) is 0 Å². The molecule has 2 aromatic heterocycles. The fourth-order valence-corrected chi connectivity index (χ4v) is 3.52. The minimum Gasteiger partial charge on any atom is -0.354 e. The molecule has 19 heavy (non-hydrogen) atoms. The summed E-state index contributed by atoms with van der Waals surface area (Å²) in [5.74, 6) is 0. The molecule has 0 aliphatic carbocycles. The molecule has 0 saturated heterocycles. The van der Waals surface area contributed by atoms with Crippen molar-refractivity contribution in [2.24, 2.45) is 0 Å². The van der Waals surface area contributed by atoms with Crippen LogP contribution >= 0.6 is 22.9 Å². The number of aromatic amines is 1. The Morgan fingerprint density at radius 3 is 2.84 bits per heavy atom. The minimum absolute atomic E-state index is 0.0234. The average Bonchev–Trinajstić information content (AvgIpc) is 2.79. The van der Waals surface area contributed by atoms with Crippen molar-refractivity contribution in [3.05, 3.63) is 51.1 Å². The highest BCUT2D eigenvalue weighted by Gasteiger charge is 2.11. The molecule has 2 aromatic carbocycles. The van der Waals surface area contributed by atoms with Crippen molar-refractivity contribution < 1.29 is 0 Å². The van der Waals surface area contributed by atoms with Gasteiger partial charge in [0.2, 0.25) is 0 Å². The van der Waals surface area contributed by atoms with E-state index in [4.69, 9.17) is 11.6 Å². The van der Waals surface area contributed by atoms with Gasteiger partial charge in [0.15, 0.2) is 9.90 Å². The molecule has 0 aliphatic heterocycles. The van der Waals surface area contributed by atoms with Crippen LogP contribution in [-0.2, 0) is 0 Å². The molecule has 3 nitrogen and oxygen atoms in total. The lowest BCUT2D eigenvalue weighted by molar-refractivity contribution is 1.47. The molecule has 1 N–H and O–H groups in total. The lowest BCUT2D eigenvalue weighted by atomic mass is 10.1. The molecule has 92 valence electrons. The summed E-state index contributed by atoms with van der Waals surface area (Å²) in [6.07, 6.45) is 0. The molecule has 0 unspecified atom stereocenters. The Labute approximate surface area is 116 Å². The van der Waals surface area contributed by atoms with E-state index in [1.54, 1.807) is 0 Å². The smallest absolute Gasteiger partial charge is 0.198 e. The van der Waals surface area contributed by atoms with E-state index in [2.05, 4.69) is 9.97 Å². The van der Waals surface area contributed by atoms with E-state index in [9.17, 15) is 4.79 Å². The van der Waals surface area contributed by atoms with Gasteiger partial charge in [-0.05, 0) is 24.3 Å². The first-order chi connectivity index (χ1) is 9.24. The monoisotopic (exact) mass is 286 g/mol. The average molecular weight is 287 g/mol. The van der Waals surface area contributed by atoms with E-state index in [0.29, 0.717) is 15.2 Å². The maximum absolute atomic E-state index is 12.6. The molecule has 0 fully saturated rings. The molecule has 0 atom stereocenters. The number of benzene rings is 2. The topological polar surface area (TPSA) is 45.8 Å². The van der Waals surface area contributed by atoms with Gasteiger partial charge in [0.25, 0.3) is 0 Å². The zero-order valence-electron chi connectivity index (χ0n) is 9.61. The van der Waals surface area contributed by atoms with Gasteiger partial charge in [-0.1, -0.05) is 23.7 Å². The molecule has 0 radical (unpaired) electrons. The lowest BCUT2D eigenvalue weighted by Crippen LogP contribution is -2.03. The van der Waals surface area contributed by atoms with E-state index in [-0.39, 0.29) is 5.43 Å². The summed E-state index contributed by atoms with van der Waals surface area (Å²) in [6.45, 7) is 0. The molecule has 2 heterocycles. The summed E-state index contributed by atoms with van der Waals surface area (Å²) < 4.78 is 1.30. The van der Waals surface area contributed by atoms with E-state index < -0.39 is 0 Å². The van der Waals surface area contributed by atoms with E-state index in [1.165, 1.54) is 11.3 Å². The highest BCUT2D eigenvalue weighted by molar-refractivity contribution is 7.23. The number of nitrogens with one attached hydrogen (secondary N) is 1. The number of fused-ring (bicyclic) bond motifs is 4. The first kappa shape index (κ1) is 11.0. The van der Waals surface area contributed by atoms with Crippen LogP contribution in [0.4, 0.5) is 0 Å². The second-order valence-corrected chi connectivity index (χ2v) is 5.88. The summed E-state index contributed by atoms with van der Waals surface area (Å²) in [4.78, 5) is 20.1. The van der Waals surface area contributed by atoms with Crippen molar-refractivity contribution in [3.63, 3.8) is 0 Å². The van der Waals surface area contributed by atoms with Gasteiger partial charge in [-0.3, -0.25) is 4.79 Å². The van der Waals surface area contributed by atoms with Gasteiger partial charge in [0.1, 0.15) is 0 Å². The van der Waals surface area contributed by atoms with E-state index in [0.717, 1.165) is 21.3 Å². The van der Waals surface area contributed by atoms with Crippen LogP contribution in [-0.4, -0.2) is 9.97 Å². The second kappa shape index (κ2) is 3.79. The van der Waals surface area contributed by atoms with Crippen molar-refractivity contribution in [1.82, 2.24) is 9.97 Å². The van der Waals surface area contributed by atoms with Crippen LogP contribution in [0.5, 0.6) is 0 Å². The Balaban J connectivity index is 2.36. The van der Waals surface area contributed by atoms with Gasteiger partial charge < -0.3 is 4.98 Å². The van der Waals surface area contributed by atoms with Crippen LogP contribution in [0, 0.1) is 0 Å². The van der Waals surface area contributed by atoms with Gasteiger partial charge >= 0.3 is 0 Å². The third-order valence-electron chi connectivity index (χ3n) is 3.20. The van der Waals surface area contributed by atoms with Crippen LogP contribution in [0.3, 0.4) is 0 Å². The van der Waals surface area contributed by atoms with Crippen molar-refractivity contribution in [3.8, 4) is 0 Å². The number of rotatable bonds is 0. The van der Waals surface area contributed by atoms with Crippen LogP contribution in [0.15, 0.2) is 41.2 Å². The lowest BCUT2D eigenvalue weighted by Gasteiger charge is -2.02. The molecule has 0 bridgehead atoms. The third kappa shape index (κ3) is 1.50. The maximum Gasteiger partial charge on any atom is 0.198 e. The number of halogens is 1. The van der Waals surface area contributed by atoms with Gasteiger partial charge in [-0.2, -0.15) is 0 Å². The highest BCUT2D eigenvalue weighted by atomic mass is 35.5. The summed E-state index contributed by atoms with van der Waals surface area (Å²) in [6, 6.07) is 11.3. The van der Waals surface area contributed by atoms with E-state index in [1.807, 2.05) is 36.4 Å². The number of thiazole rings is 1. The predicted octanol–water partition coefficient (Wildman–Crippen LogP) is 3.94. The maximum atomic E-state index is 12.6. The van der Waals surface area contributed by atoms with Crippen molar-refractivity contribution in [2.45, 2.75) is 0 Å². The van der Waals surface area contributed by atoms with Gasteiger partial charge in [0.05, 0.1) is 21.1 Å². The number of pyridine rings is 1. The predicted molar refractivity (Wildman–Crippen MR) is 80.3 cm³/mol. The Kier molecular flexibility index (Phi) is 2.19. The number of nitrogens with zero attached hydrogens (tertiary/aromatic N) is 1. The zero-order valence-corrected chi connectivity index (χ0v) is 11.2. The molecular weight excluding hydrogens is 280 g/mol. The van der Waals surface area contributed by atoms with Crippen LogP contribution in [0.25, 0.3) is 32.0 Å². The molecule has 0 aliphatic rings. The summed E-state index contributed by atoms with van der Waals surface area (Å²) >= 11 is 7.29. The standard InChI is InChI=1S/C14H7ClN2OS/c15-14-17-10-6-5-9-11(13(10)19-14)12(18)7-3-1-2-4-8(7)16-9/h1-6H,(H,16,18). The summed E-state index contributed by atoms with van der Waals surface area (Å²) in [5.41, 5.74) is 2.45. The van der Waals surface area contributed by atoms with Crippen molar-refractivity contribution in [2.75, 3.05) is 0 Å². The quantitative estimate of drug-likeness (QED) is 0.498. The molecule has 0 spiro atoms. The second-order valence-electron chi connectivity index (χ2n) is 4.30. The Bertz CT molecular complexity index is 1000. The largest absolute Gasteiger partial charge is 0.354 e. The van der Waals surface area contributed by atoms with Crippen LogP contribution in [0.1, 0.15) is 0 Å². The minimum atomic E-state index is 0.0234. The first-order valence-corrected chi connectivity index (χ1v) is 6.93. The molecular formula is C14H7ClN2OS. The Morgan fingerprint density at radius 2 is 1.95 bits per heavy atom. The summed E-state index contributed by atoms with van der Waals surface area (Å²) in [7, 11) is 0. The normalized spacial score (nSPS) is 11.6. The van der Waals surface area contributed by atoms with Gasteiger partial charge in [-0.15, -0.1) is 11.3 Å². The van der Waals surface area contributed by atoms with Crippen LogP contribution in [0.2, 0.25) is 4.47 Å². The van der Waals surface area contributed by atoms with Gasteiger partial charge in [-0.25, -0.2) is 4.98 Å². The van der Waals surface area contributed by atoms with Crippen LogP contribution < -0.4 is 5.43 Å². The first-order valence-electron chi connectivity index (χ1n) is 5.74. The fraction of sp³-hybridized carbons (Fsp3) is 0. The van der Waals surface area contributed by atoms with Gasteiger partial charge in [0, 0.05) is 10.9 Å². The molecule has 4 aromatic rings. The highest BCUT2D eigenvalue weighted by Crippen LogP contribution is 2.30. The number of aromatic nitrogens is 2. The molecule has 0 saturated carbocycles. The molecule has 4 rings (SSSR count). The number of para-hydroxylation sites is 1. The molecule has 0 amide bonds. The Morgan fingerprint density at radius 1 is 1.11 bits per heavy atom. The SMILES string of the molecule is O=c1c2ccccc2[nH]c2ccc3nc(Cl)sc3c12. The third-order valence-corrected chi connectivity index (χ3v) is 4.39. The zero-order chi connectivity index (χ0) is 13.0. The number of H-pyrrole nitrogens is 1.